The molecule has 12 heteroatoms. The second-order valence-electron chi connectivity index (χ2n) is 8.11. The average molecular weight is 431 g/mol. The van der Waals surface area contributed by atoms with Crippen LogP contribution in [0.3, 0.4) is 0 Å². The number of fused-ring (bicyclic) bond motifs is 2. The Morgan fingerprint density at radius 2 is 1.90 bits per heavy atom. The third-order valence-electron chi connectivity index (χ3n) is 4.74. The molecule has 2 aromatic heterocycles. The van der Waals surface area contributed by atoms with E-state index in [9.17, 15) is 18.0 Å². The van der Waals surface area contributed by atoms with Crippen LogP contribution in [0.25, 0.3) is 10.7 Å². The lowest BCUT2D eigenvalue weighted by Crippen LogP contribution is -2.56. The summed E-state index contributed by atoms with van der Waals surface area (Å²) in [6.45, 7) is 6.68. The quantitative estimate of drug-likeness (QED) is 0.715. The van der Waals surface area contributed by atoms with Gasteiger partial charge >= 0.3 is 18.2 Å². The number of alkyl halides is 3. The van der Waals surface area contributed by atoms with E-state index in [1.807, 2.05) is 30.6 Å². The Morgan fingerprint density at radius 1 is 1.24 bits per heavy atom. The second-order valence-corrected chi connectivity index (χ2v) is 9.11. The van der Waals surface area contributed by atoms with Crippen LogP contribution in [0.15, 0.2) is 10.7 Å². The van der Waals surface area contributed by atoms with Gasteiger partial charge in [0.15, 0.2) is 5.13 Å². The zero-order chi connectivity index (χ0) is 21.0. The van der Waals surface area contributed by atoms with Gasteiger partial charge < -0.3 is 14.2 Å². The number of anilines is 1. The van der Waals surface area contributed by atoms with Crippen molar-refractivity contribution >= 4 is 22.6 Å². The third-order valence-corrected chi connectivity index (χ3v) is 5.79. The highest BCUT2D eigenvalue weighted by Crippen LogP contribution is 2.37. The summed E-state index contributed by atoms with van der Waals surface area (Å²) in [6.07, 6.45) is -1.81. The van der Waals surface area contributed by atoms with E-state index < -0.39 is 17.7 Å². The molecule has 2 aliphatic heterocycles. The minimum absolute atomic E-state index is 0.0120. The number of carbonyl (C=O) groups is 1. The largest absolute Gasteiger partial charge is 0.471 e. The Hall–Kier alpha value is -2.37. The molecule has 4 heterocycles. The fourth-order valence-electron chi connectivity index (χ4n) is 3.63. The number of piperazine rings is 1. The van der Waals surface area contributed by atoms with Crippen LogP contribution in [0, 0.1) is 0 Å². The molecule has 29 heavy (non-hydrogen) atoms. The third kappa shape index (κ3) is 4.02. The predicted molar refractivity (Wildman–Crippen MR) is 97.5 cm³/mol. The number of hydrogen-bond donors (Lipinski definition) is 0. The molecular weight excluding hydrogens is 411 g/mol. The van der Waals surface area contributed by atoms with Crippen molar-refractivity contribution in [2.45, 2.75) is 57.5 Å². The minimum Gasteiger partial charge on any atom is -0.444 e. The first-order valence-corrected chi connectivity index (χ1v) is 9.96. The van der Waals surface area contributed by atoms with Gasteiger partial charge in [0.25, 0.3) is 0 Å². The van der Waals surface area contributed by atoms with Crippen LogP contribution in [0.2, 0.25) is 0 Å². The van der Waals surface area contributed by atoms with Crippen LogP contribution in [0.4, 0.5) is 23.1 Å². The molecule has 2 bridgehead atoms. The van der Waals surface area contributed by atoms with Gasteiger partial charge in [0.05, 0.1) is 23.2 Å². The van der Waals surface area contributed by atoms with Gasteiger partial charge in [-0.1, -0.05) is 16.5 Å². The molecule has 2 unspecified atom stereocenters. The summed E-state index contributed by atoms with van der Waals surface area (Å²) >= 11 is 1.20. The van der Waals surface area contributed by atoms with E-state index in [0.717, 1.165) is 12.8 Å². The number of halogens is 3. The Bertz CT molecular complexity index is 893. The lowest BCUT2D eigenvalue weighted by molar-refractivity contribution is -0.159. The van der Waals surface area contributed by atoms with Gasteiger partial charge in [-0.2, -0.15) is 18.2 Å². The van der Waals surface area contributed by atoms with E-state index in [2.05, 4.69) is 19.6 Å². The maximum absolute atomic E-state index is 12.7. The maximum atomic E-state index is 12.7. The SMILES string of the molecule is CC(C)(C)OC(=O)N1C2CCC1CN(c1ncc(-c3noc(C(F)(F)F)n3)s1)C2. The lowest BCUT2D eigenvalue weighted by Gasteiger charge is -2.41. The first kappa shape index (κ1) is 19.9. The summed E-state index contributed by atoms with van der Waals surface area (Å²) < 4.78 is 47.8. The van der Waals surface area contributed by atoms with E-state index in [4.69, 9.17) is 4.74 Å². The highest BCUT2D eigenvalue weighted by Gasteiger charge is 2.45. The molecule has 158 valence electrons. The molecule has 0 aliphatic carbocycles. The van der Waals surface area contributed by atoms with Gasteiger partial charge in [0, 0.05) is 13.1 Å². The van der Waals surface area contributed by atoms with E-state index >= 15 is 0 Å². The molecule has 0 aromatic carbocycles. The van der Waals surface area contributed by atoms with Crippen molar-refractivity contribution in [3.8, 4) is 10.7 Å². The fraction of sp³-hybridized carbons (Fsp3) is 0.647. The summed E-state index contributed by atoms with van der Waals surface area (Å²) in [6, 6.07) is 0.0240. The van der Waals surface area contributed by atoms with E-state index in [-0.39, 0.29) is 24.0 Å². The van der Waals surface area contributed by atoms with E-state index in [1.54, 1.807) is 0 Å². The van der Waals surface area contributed by atoms with Gasteiger partial charge in [-0.3, -0.25) is 4.90 Å². The molecule has 4 rings (SSSR count). The summed E-state index contributed by atoms with van der Waals surface area (Å²) in [4.78, 5) is 24.5. The number of rotatable bonds is 2. The van der Waals surface area contributed by atoms with Crippen LogP contribution in [-0.2, 0) is 10.9 Å². The van der Waals surface area contributed by atoms with Crippen molar-refractivity contribution in [3.63, 3.8) is 0 Å². The summed E-state index contributed by atoms with van der Waals surface area (Å²) in [7, 11) is 0. The van der Waals surface area contributed by atoms with Gasteiger partial charge in [-0.05, 0) is 33.6 Å². The zero-order valence-corrected chi connectivity index (χ0v) is 16.9. The van der Waals surface area contributed by atoms with Crippen molar-refractivity contribution < 1.29 is 27.2 Å². The molecule has 1 amide bonds. The molecule has 0 N–H and O–H groups in total. The highest BCUT2D eigenvalue weighted by molar-refractivity contribution is 7.18. The molecule has 0 saturated carbocycles. The fourth-order valence-corrected chi connectivity index (χ4v) is 4.48. The molecule has 2 saturated heterocycles. The molecule has 2 fully saturated rings. The Balaban J connectivity index is 1.47. The molecular formula is C17H20F3N5O3S. The van der Waals surface area contributed by atoms with Crippen LogP contribution in [-0.4, -0.2) is 56.9 Å². The standard InChI is InChI=1S/C17H20F3N5O3S/c1-16(2,3)27-15(26)25-9-4-5-10(25)8-24(7-9)14-21-6-11(29-14)12-22-13(28-23-12)17(18,19)20/h6,9-10H,4-5,7-8H2,1-3H3. The van der Waals surface area contributed by atoms with Crippen molar-refractivity contribution in [1.82, 2.24) is 20.0 Å². The van der Waals surface area contributed by atoms with Gasteiger partial charge in [0.1, 0.15) is 5.60 Å². The first-order chi connectivity index (χ1) is 13.5. The Labute approximate surface area is 168 Å². The smallest absolute Gasteiger partial charge is 0.444 e. The Morgan fingerprint density at radius 3 is 2.45 bits per heavy atom. The number of ether oxygens (including phenoxy) is 1. The van der Waals surface area contributed by atoms with Gasteiger partial charge in [-0.25, -0.2) is 9.78 Å². The predicted octanol–water partition coefficient (Wildman–Crippen LogP) is 3.80. The van der Waals surface area contributed by atoms with Crippen molar-refractivity contribution in [3.05, 3.63) is 12.1 Å². The summed E-state index contributed by atoms with van der Waals surface area (Å²) in [5.74, 6) is -1.53. The minimum atomic E-state index is -4.68. The van der Waals surface area contributed by atoms with Gasteiger partial charge in [-0.15, -0.1) is 0 Å². The molecule has 2 aromatic rings. The highest BCUT2D eigenvalue weighted by atomic mass is 32.1. The normalized spacial score (nSPS) is 22.3. The Kier molecular flexibility index (Phi) is 4.71. The number of hydrogen-bond acceptors (Lipinski definition) is 8. The second kappa shape index (κ2) is 6.85. The average Bonchev–Trinajstić information content (AvgIpc) is 3.30. The molecule has 0 radical (unpaired) electrons. The van der Waals surface area contributed by atoms with E-state index in [0.29, 0.717) is 23.1 Å². The first-order valence-electron chi connectivity index (χ1n) is 9.14. The molecule has 8 nitrogen and oxygen atoms in total. The lowest BCUT2D eigenvalue weighted by atomic mass is 10.2. The number of thiazole rings is 1. The van der Waals surface area contributed by atoms with Crippen LogP contribution in [0.5, 0.6) is 0 Å². The summed E-state index contributed by atoms with van der Waals surface area (Å²) in [5, 5.41) is 4.05. The van der Waals surface area contributed by atoms with Crippen molar-refractivity contribution in [1.29, 1.82) is 0 Å². The van der Waals surface area contributed by atoms with E-state index in [1.165, 1.54) is 17.5 Å². The number of carbonyl (C=O) groups excluding carboxylic acids is 1. The summed E-state index contributed by atoms with van der Waals surface area (Å²) in [5.41, 5.74) is -0.558. The van der Waals surface area contributed by atoms with Gasteiger partial charge in [0.2, 0.25) is 5.82 Å². The topological polar surface area (TPSA) is 84.6 Å². The van der Waals surface area contributed by atoms with Crippen molar-refractivity contribution in [2.75, 3.05) is 18.0 Å². The molecule has 2 aliphatic rings. The van der Waals surface area contributed by atoms with Crippen LogP contribution >= 0.6 is 11.3 Å². The monoisotopic (exact) mass is 431 g/mol. The number of amides is 1. The van der Waals surface area contributed by atoms with Crippen LogP contribution in [0.1, 0.15) is 39.5 Å². The van der Waals surface area contributed by atoms with Crippen molar-refractivity contribution in [2.24, 2.45) is 0 Å². The molecule has 2 atom stereocenters. The zero-order valence-electron chi connectivity index (χ0n) is 16.1. The maximum Gasteiger partial charge on any atom is 0.471 e. The molecule has 0 spiro atoms. The van der Waals surface area contributed by atoms with Crippen LogP contribution < -0.4 is 4.90 Å². The number of nitrogens with zero attached hydrogens (tertiary/aromatic N) is 5. The number of aromatic nitrogens is 3.